The molecule has 0 aliphatic heterocycles. The van der Waals surface area contributed by atoms with Crippen LogP contribution in [0.2, 0.25) is 0 Å². The summed E-state index contributed by atoms with van der Waals surface area (Å²) in [7, 11) is 0. The maximum absolute atomic E-state index is 4.90. The maximum Gasteiger partial charge on any atom is 0.110 e. The fourth-order valence-corrected chi connectivity index (χ4v) is 3.25. The van der Waals surface area contributed by atoms with E-state index in [-0.39, 0.29) is 0 Å². The second kappa shape index (κ2) is 6.04. The Kier molecular flexibility index (Phi) is 3.74. The van der Waals surface area contributed by atoms with Crippen LogP contribution in [0.25, 0.3) is 11.3 Å². The van der Waals surface area contributed by atoms with E-state index in [2.05, 4.69) is 66.6 Å². The second-order valence-electron chi connectivity index (χ2n) is 6.67. The van der Waals surface area contributed by atoms with Crippen LogP contribution in [-0.2, 0) is 6.42 Å². The first-order valence-electron chi connectivity index (χ1n) is 8.46. The van der Waals surface area contributed by atoms with Gasteiger partial charge in [-0.05, 0) is 37.7 Å². The number of rotatable bonds is 5. The summed E-state index contributed by atoms with van der Waals surface area (Å²) in [5, 5.41) is 0. The normalized spacial score (nSPS) is 15.5. The third kappa shape index (κ3) is 3.21. The molecule has 23 heavy (non-hydrogen) atoms. The van der Waals surface area contributed by atoms with Gasteiger partial charge in [0.25, 0.3) is 0 Å². The lowest BCUT2D eigenvalue weighted by atomic mass is 9.93. The molecule has 3 aromatic rings. The van der Waals surface area contributed by atoms with Crippen LogP contribution >= 0.6 is 0 Å². The zero-order valence-electron chi connectivity index (χ0n) is 13.5. The Bertz CT molecular complexity index is 767. The van der Waals surface area contributed by atoms with Crippen LogP contribution in [0.3, 0.4) is 0 Å². The molecule has 2 aromatic carbocycles. The zero-order valence-corrected chi connectivity index (χ0v) is 13.5. The van der Waals surface area contributed by atoms with Gasteiger partial charge in [0.2, 0.25) is 0 Å². The van der Waals surface area contributed by atoms with Crippen LogP contribution in [0.15, 0.2) is 60.8 Å². The Labute approximate surface area is 137 Å². The molecule has 1 aromatic heterocycles. The number of hydrogen-bond acceptors (Lipinski definition) is 1. The average molecular weight is 302 g/mol. The number of hydrogen-bond donors (Lipinski definition) is 1. The van der Waals surface area contributed by atoms with Crippen LogP contribution < -0.4 is 0 Å². The van der Waals surface area contributed by atoms with E-state index in [1.165, 1.54) is 29.5 Å². The second-order valence-corrected chi connectivity index (χ2v) is 6.67. The van der Waals surface area contributed by atoms with E-state index in [0.29, 0.717) is 5.92 Å². The van der Waals surface area contributed by atoms with Crippen molar-refractivity contribution in [1.29, 1.82) is 0 Å². The minimum Gasteiger partial charge on any atom is -0.348 e. The Hall–Kier alpha value is -2.35. The molecule has 0 radical (unpaired) electrons. The number of nitrogens with one attached hydrogen (secondary N) is 1. The summed E-state index contributed by atoms with van der Waals surface area (Å²) in [5.41, 5.74) is 4.96. The molecule has 0 amide bonds. The summed E-state index contributed by atoms with van der Waals surface area (Å²) in [6.07, 6.45) is 5.79. The van der Waals surface area contributed by atoms with Gasteiger partial charge >= 0.3 is 0 Å². The Balaban J connectivity index is 1.58. The molecule has 1 aliphatic carbocycles. The van der Waals surface area contributed by atoms with Crippen molar-refractivity contribution in [2.45, 2.75) is 32.1 Å². The van der Waals surface area contributed by atoms with Crippen molar-refractivity contribution in [2.75, 3.05) is 0 Å². The highest BCUT2D eigenvalue weighted by Crippen LogP contribution is 2.43. The smallest absolute Gasteiger partial charge is 0.110 e. The minimum atomic E-state index is 0.509. The van der Waals surface area contributed by atoms with Gasteiger partial charge in [0.05, 0.1) is 5.69 Å². The fourth-order valence-electron chi connectivity index (χ4n) is 3.25. The number of H-pyrrole nitrogens is 1. The molecule has 1 atom stereocenters. The molecule has 0 spiro atoms. The van der Waals surface area contributed by atoms with Crippen molar-refractivity contribution in [3.05, 3.63) is 77.7 Å². The van der Waals surface area contributed by atoms with Crippen molar-refractivity contribution in [2.24, 2.45) is 5.92 Å². The van der Waals surface area contributed by atoms with Gasteiger partial charge in [-0.15, -0.1) is 0 Å². The Morgan fingerprint density at radius 1 is 1.04 bits per heavy atom. The van der Waals surface area contributed by atoms with E-state index < -0.39 is 0 Å². The fraction of sp³-hybridized carbons (Fsp3) is 0.286. The standard InChI is InChI=1S/C21H22N2/c1-15-7-9-16(10-8-15)13-19(17-11-12-17)21-22-14-20(23-21)18-5-3-2-4-6-18/h2-10,14,17,19H,11-13H2,1H3,(H,22,23). The van der Waals surface area contributed by atoms with Gasteiger partial charge < -0.3 is 4.98 Å². The van der Waals surface area contributed by atoms with Crippen molar-refractivity contribution in [3.8, 4) is 11.3 Å². The van der Waals surface area contributed by atoms with Gasteiger partial charge in [-0.3, -0.25) is 0 Å². The van der Waals surface area contributed by atoms with E-state index in [9.17, 15) is 0 Å². The number of nitrogens with zero attached hydrogens (tertiary/aromatic N) is 1. The van der Waals surface area contributed by atoms with E-state index >= 15 is 0 Å². The van der Waals surface area contributed by atoms with E-state index in [0.717, 1.165) is 23.9 Å². The summed E-state index contributed by atoms with van der Waals surface area (Å²) in [4.78, 5) is 8.35. The van der Waals surface area contributed by atoms with Gasteiger partial charge in [0, 0.05) is 17.7 Å². The number of benzene rings is 2. The monoisotopic (exact) mass is 302 g/mol. The molecular weight excluding hydrogens is 280 g/mol. The van der Waals surface area contributed by atoms with Gasteiger partial charge in [0.15, 0.2) is 0 Å². The Morgan fingerprint density at radius 3 is 2.48 bits per heavy atom. The predicted octanol–water partition coefficient (Wildman–Crippen LogP) is 5.12. The number of aryl methyl sites for hydroxylation is 1. The maximum atomic E-state index is 4.90. The van der Waals surface area contributed by atoms with Crippen molar-refractivity contribution in [3.63, 3.8) is 0 Å². The van der Waals surface area contributed by atoms with Crippen LogP contribution in [0.1, 0.15) is 35.7 Å². The summed E-state index contributed by atoms with van der Waals surface area (Å²) in [6, 6.07) is 19.3. The third-order valence-corrected chi connectivity index (χ3v) is 4.79. The molecule has 116 valence electrons. The summed E-state index contributed by atoms with van der Waals surface area (Å²) in [5.74, 6) is 2.44. The minimum absolute atomic E-state index is 0.509. The summed E-state index contributed by atoms with van der Waals surface area (Å²) >= 11 is 0. The largest absolute Gasteiger partial charge is 0.348 e. The highest BCUT2D eigenvalue weighted by Gasteiger charge is 2.34. The van der Waals surface area contributed by atoms with Crippen LogP contribution in [0, 0.1) is 12.8 Å². The van der Waals surface area contributed by atoms with E-state index in [1.807, 2.05) is 6.07 Å². The molecule has 1 saturated carbocycles. The number of imidazole rings is 1. The molecule has 0 saturated heterocycles. The molecule has 1 fully saturated rings. The molecule has 2 heteroatoms. The molecular formula is C21H22N2. The first kappa shape index (κ1) is 14.3. The summed E-state index contributed by atoms with van der Waals surface area (Å²) < 4.78 is 0. The summed E-state index contributed by atoms with van der Waals surface area (Å²) in [6.45, 7) is 2.14. The van der Waals surface area contributed by atoms with Gasteiger partial charge in [0.1, 0.15) is 5.82 Å². The lowest BCUT2D eigenvalue weighted by Gasteiger charge is -2.14. The van der Waals surface area contributed by atoms with Crippen molar-refractivity contribution >= 4 is 0 Å². The van der Waals surface area contributed by atoms with Gasteiger partial charge in [-0.2, -0.15) is 0 Å². The molecule has 4 rings (SSSR count). The molecule has 1 heterocycles. The van der Waals surface area contributed by atoms with Crippen LogP contribution in [0.4, 0.5) is 0 Å². The molecule has 1 N–H and O–H groups in total. The lowest BCUT2D eigenvalue weighted by molar-refractivity contribution is 0.573. The van der Waals surface area contributed by atoms with E-state index in [1.54, 1.807) is 0 Å². The van der Waals surface area contributed by atoms with Crippen molar-refractivity contribution < 1.29 is 0 Å². The van der Waals surface area contributed by atoms with Gasteiger partial charge in [-0.1, -0.05) is 60.2 Å². The lowest BCUT2D eigenvalue weighted by Crippen LogP contribution is -2.07. The SMILES string of the molecule is Cc1ccc(CC(c2nc(-c3ccccc3)c[nH]2)C2CC2)cc1. The van der Waals surface area contributed by atoms with E-state index in [4.69, 9.17) is 4.98 Å². The quantitative estimate of drug-likeness (QED) is 0.696. The number of aromatic amines is 1. The zero-order chi connectivity index (χ0) is 15.6. The Morgan fingerprint density at radius 2 is 1.78 bits per heavy atom. The van der Waals surface area contributed by atoms with Crippen LogP contribution in [-0.4, -0.2) is 9.97 Å². The van der Waals surface area contributed by atoms with Gasteiger partial charge in [-0.25, -0.2) is 4.98 Å². The predicted molar refractivity (Wildman–Crippen MR) is 94.4 cm³/mol. The first-order valence-corrected chi connectivity index (χ1v) is 8.46. The molecule has 2 nitrogen and oxygen atoms in total. The van der Waals surface area contributed by atoms with Crippen LogP contribution in [0.5, 0.6) is 0 Å². The highest BCUT2D eigenvalue weighted by atomic mass is 14.9. The molecule has 1 aliphatic rings. The number of aromatic nitrogens is 2. The topological polar surface area (TPSA) is 28.7 Å². The average Bonchev–Trinajstić information content (AvgIpc) is 3.31. The third-order valence-electron chi connectivity index (χ3n) is 4.79. The molecule has 0 bridgehead atoms. The first-order chi connectivity index (χ1) is 11.3. The van der Waals surface area contributed by atoms with Crippen molar-refractivity contribution in [1.82, 2.24) is 9.97 Å². The molecule has 1 unspecified atom stereocenters. The highest BCUT2D eigenvalue weighted by molar-refractivity contribution is 5.58.